The van der Waals surface area contributed by atoms with Gasteiger partial charge in [0.1, 0.15) is 5.25 Å². The Bertz CT molecular complexity index is 1070. The maximum atomic E-state index is 12.8. The van der Waals surface area contributed by atoms with Crippen molar-refractivity contribution in [2.24, 2.45) is 10.1 Å². The van der Waals surface area contributed by atoms with Gasteiger partial charge in [-0.3, -0.25) is 19.5 Å². The summed E-state index contributed by atoms with van der Waals surface area (Å²) in [5.74, 6) is -0.396. The third-order valence-corrected chi connectivity index (χ3v) is 6.80. The maximum Gasteiger partial charge on any atom is 0.238 e. The number of nitrogens with one attached hydrogen (secondary N) is 1. The lowest BCUT2D eigenvalue weighted by Crippen LogP contribution is -2.46. The number of nitrogens with zero attached hydrogens (tertiary/aromatic N) is 2. The van der Waals surface area contributed by atoms with Crippen LogP contribution in [-0.4, -0.2) is 48.6 Å². The summed E-state index contributed by atoms with van der Waals surface area (Å²) in [7, 11) is -3.74. The van der Waals surface area contributed by atoms with E-state index in [1.54, 1.807) is 29.2 Å². The summed E-state index contributed by atoms with van der Waals surface area (Å²) in [6.45, 7) is 2.74. The van der Waals surface area contributed by atoms with E-state index in [9.17, 15) is 18.0 Å². The number of primary sulfonamides is 1. The number of hydrogen-bond acceptors (Lipinski definition) is 6. The lowest BCUT2D eigenvalue weighted by molar-refractivity contribution is -0.129. The number of rotatable bonds is 7. The van der Waals surface area contributed by atoms with Gasteiger partial charge >= 0.3 is 0 Å². The molecule has 0 spiro atoms. The van der Waals surface area contributed by atoms with Gasteiger partial charge in [0, 0.05) is 25.2 Å². The molecule has 2 aromatic carbocycles. The molecular formula is C21H24N4O4S2. The molecular weight excluding hydrogens is 436 g/mol. The molecule has 0 aromatic heterocycles. The fourth-order valence-electron chi connectivity index (χ4n) is 3.06. The fourth-order valence-corrected chi connectivity index (χ4v) is 4.75. The Hall–Kier alpha value is -2.69. The quantitative estimate of drug-likeness (QED) is 0.656. The molecule has 1 aliphatic rings. The van der Waals surface area contributed by atoms with Crippen molar-refractivity contribution in [1.82, 2.24) is 4.90 Å². The van der Waals surface area contributed by atoms with E-state index in [0.717, 1.165) is 5.56 Å². The van der Waals surface area contributed by atoms with E-state index in [-0.39, 0.29) is 23.1 Å². The second kappa shape index (κ2) is 10.1. The van der Waals surface area contributed by atoms with Gasteiger partial charge in [0.25, 0.3) is 0 Å². The monoisotopic (exact) mass is 460 g/mol. The van der Waals surface area contributed by atoms with Crippen LogP contribution in [0.3, 0.4) is 0 Å². The molecule has 1 atom stereocenters. The van der Waals surface area contributed by atoms with E-state index < -0.39 is 15.3 Å². The first kappa shape index (κ1) is 23.0. The standard InChI is InChI=1S/C21H24N4O4S2/c1-2-23-21-25(13-12-15-8-10-17(11-9-15)31(22,28)29)19(26)14-18(30-21)20(27)24-16-6-4-3-5-7-16/h3-11,18H,2,12-14H2,1H3,(H,24,27)(H2,22,28,29). The molecule has 1 aliphatic heterocycles. The summed E-state index contributed by atoms with van der Waals surface area (Å²) >= 11 is 1.28. The molecule has 1 saturated heterocycles. The summed E-state index contributed by atoms with van der Waals surface area (Å²) in [5.41, 5.74) is 1.55. The number of hydrogen-bond donors (Lipinski definition) is 2. The predicted molar refractivity (Wildman–Crippen MR) is 122 cm³/mol. The number of sulfonamides is 1. The van der Waals surface area contributed by atoms with Crippen molar-refractivity contribution in [3.05, 3.63) is 60.2 Å². The highest BCUT2D eigenvalue weighted by atomic mass is 32.2. The molecule has 1 fully saturated rings. The first-order chi connectivity index (χ1) is 14.8. The lowest BCUT2D eigenvalue weighted by atomic mass is 10.1. The lowest BCUT2D eigenvalue weighted by Gasteiger charge is -2.31. The van der Waals surface area contributed by atoms with Crippen LogP contribution < -0.4 is 10.5 Å². The van der Waals surface area contributed by atoms with Gasteiger partial charge in [-0.05, 0) is 43.2 Å². The first-order valence-corrected chi connectivity index (χ1v) is 12.2. The van der Waals surface area contributed by atoms with Gasteiger partial charge in [-0.1, -0.05) is 42.1 Å². The zero-order valence-electron chi connectivity index (χ0n) is 17.0. The van der Waals surface area contributed by atoms with E-state index in [1.165, 1.54) is 23.9 Å². The molecule has 0 aliphatic carbocycles. The van der Waals surface area contributed by atoms with Crippen LogP contribution in [0.4, 0.5) is 5.69 Å². The highest BCUT2D eigenvalue weighted by Gasteiger charge is 2.35. The van der Waals surface area contributed by atoms with Crippen LogP contribution in [-0.2, 0) is 26.0 Å². The molecule has 0 bridgehead atoms. The molecule has 1 unspecified atom stereocenters. The van der Waals surface area contributed by atoms with Gasteiger partial charge in [0.15, 0.2) is 5.17 Å². The molecule has 3 N–H and O–H groups in total. The highest BCUT2D eigenvalue weighted by molar-refractivity contribution is 8.15. The average molecular weight is 461 g/mol. The maximum absolute atomic E-state index is 12.8. The van der Waals surface area contributed by atoms with Gasteiger partial charge in [-0.15, -0.1) is 0 Å². The van der Waals surface area contributed by atoms with Crippen LogP contribution in [0.2, 0.25) is 0 Å². The minimum absolute atomic E-state index is 0.0429. The topological polar surface area (TPSA) is 122 Å². The molecule has 164 valence electrons. The number of para-hydroxylation sites is 1. The van der Waals surface area contributed by atoms with E-state index in [0.29, 0.717) is 30.4 Å². The van der Waals surface area contributed by atoms with Crippen LogP contribution in [0, 0.1) is 0 Å². The molecule has 3 rings (SSSR count). The molecule has 0 radical (unpaired) electrons. The normalized spacial score (nSPS) is 18.3. The SMILES string of the molecule is CCN=C1SC(C(=O)Nc2ccccc2)CC(=O)N1CCc1ccc(S(N)(=O)=O)cc1. The predicted octanol–water partition coefficient (Wildman–Crippen LogP) is 2.23. The van der Waals surface area contributed by atoms with Crippen molar-refractivity contribution in [1.29, 1.82) is 0 Å². The zero-order chi connectivity index (χ0) is 22.4. The Morgan fingerprint density at radius 3 is 2.48 bits per heavy atom. The Balaban J connectivity index is 1.66. The van der Waals surface area contributed by atoms with E-state index in [2.05, 4.69) is 10.3 Å². The number of carbonyl (C=O) groups excluding carboxylic acids is 2. The van der Waals surface area contributed by atoms with E-state index >= 15 is 0 Å². The Kier molecular flexibility index (Phi) is 7.47. The summed E-state index contributed by atoms with van der Waals surface area (Å²) < 4.78 is 22.8. The van der Waals surface area contributed by atoms with Crippen molar-refractivity contribution < 1.29 is 18.0 Å². The van der Waals surface area contributed by atoms with Crippen molar-refractivity contribution in [2.75, 3.05) is 18.4 Å². The first-order valence-electron chi connectivity index (χ1n) is 9.77. The molecule has 31 heavy (non-hydrogen) atoms. The van der Waals surface area contributed by atoms with Gasteiger partial charge in [0.05, 0.1) is 4.90 Å². The van der Waals surface area contributed by atoms with Crippen LogP contribution in [0.5, 0.6) is 0 Å². The second-order valence-corrected chi connectivity index (χ2v) is 9.64. The average Bonchev–Trinajstić information content (AvgIpc) is 2.73. The van der Waals surface area contributed by atoms with E-state index in [4.69, 9.17) is 5.14 Å². The van der Waals surface area contributed by atoms with Crippen molar-refractivity contribution >= 4 is 44.5 Å². The van der Waals surface area contributed by atoms with Gasteiger partial charge in [-0.2, -0.15) is 0 Å². The molecule has 1 heterocycles. The molecule has 2 aromatic rings. The number of thioether (sulfide) groups is 1. The fraction of sp³-hybridized carbons (Fsp3) is 0.286. The summed E-state index contributed by atoms with van der Waals surface area (Å²) in [5, 5.41) is 7.93. The number of benzene rings is 2. The second-order valence-electron chi connectivity index (χ2n) is 6.91. The van der Waals surface area contributed by atoms with Crippen LogP contribution in [0.1, 0.15) is 18.9 Å². The number of carbonyl (C=O) groups is 2. The molecule has 2 amide bonds. The van der Waals surface area contributed by atoms with Crippen molar-refractivity contribution in [3.63, 3.8) is 0 Å². The molecule has 10 heteroatoms. The zero-order valence-corrected chi connectivity index (χ0v) is 18.7. The van der Waals surface area contributed by atoms with Gasteiger partial charge in [0.2, 0.25) is 21.8 Å². The van der Waals surface area contributed by atoms with Crippen molar-refractivity contribution in [2.45, 2.75) is 29.9 Å². The number of aliphatic imine (C=N–C) groups is 1. The Labute approximate surface area is 186 Å². The summed E-state index contributed by atoms with van der Waals surface area (Å²) in [4.78, 5) is 31.5. The third-order valence-electron chi connectivity index (χ3n) is 4.64. The Morgan fingerprint density at radius 1 is 1.19 bits per heavy atom. The minimum atomic E-state index is -3.74. The van der Waals surface area contributed by atoms with Crippen LogP contribution in [0.15, 0.2) is 64.5 Å². The third kappa shape index (κ3) is 6.16. The number of anilines is 1. The van der Waals surface area contributed by atoms with E-state index in [1.807, 2.05) is 25.1 Å². The van der Waals surface area contributed by atoms with Gasteiger partial charge in [-0.25, -0.2) is 13.6 Å². The number of amides is 2. The largest absolute Gasteiger partial charge is 0.325 e. The van der Waals surface area contributed by atoms with Crippen LogP contribution in [0.25, 0.3) is 0 Å². The summed E-state index contributed by atoms with van der Waals surface area (Å²) in [6, 6.07) is 15.4. The smallest absolute Gasteiger partial charge is 0.238 e. The number of amidine groups is 1. The van der Waals surface area contributed by atoms with Gasteiger partial charge < -0.3 is 5.32 Å². The Morgan fingerprint density at radius 2 is 1.87 bits per heavy atom. The number of nitrogens with two attached hydrogens (primary N) is 1. The highest BCUT2D eigenvalue weighted by Crippen LogP contribution is 2.28. The molecule has 0 saturated carbocycles. The van der Waals surface area contributed by atoms with Crippen molar-refractivity contribution in [3.8, 4) is 0 Å². The van der Waals surface area contributed by atoms with Crippen LogP contribution >= 0.6 is 11.8 Å². The molecule has 8 nitrogen and oxygen atoms in total. The minimum Gasteiger partial charge on any atom is -0.325 e. The summed E-state index contributed by atoms with van der Waals surface area (Å²) in [6.07, 6.45) is 0.594.